The molecule has 0 aromatic carbocycles. The van der Waals surface area contributed by atoms with Gasteiger partial charge in [0.1, 0.15) is 5.54 Å². The van der Waals surface area contributed by atoms with E-state index in [1.54, 1.807) is 6.08 Å². The fraction of sp³-hybridized carbons (Fsp3) is 0.667. The summed E-state index contributed by atoms with van der Waals surface area (Å²) in [5.41, 5.74) is -0.659. The highest BCUT2D eigenvalue weighted by Crippen LogP contribution is 2.37. The highest BCUT2D eigenvalue weighted by Gasteiger charge is 2.47. The zero-order valence-electron chi connectivity index (χ0n) is 7.34. The first-order valence-electron chi connectivity index (χ1n) is 4.20. The lowest BCUT2D eigenvalue weighted by atomic mass is 9.69. The quantitative estimate of drug-likeness (QED) is 0.618. The minimum atomic E-state index is -0.734. The van der Waals surface area contributed by atoms with Gasteiger partial charge >= 0.3 is 5.97 Å². The molecule has 0 unspecified atom stereocenters. The molecule has 0 heterocycles. The van der Waals surface area contributed by atoms with E-state index < -0.39 is 11.5 Å². The molecule has 3 heteroatoms. The van der Waals surface area contributed by atoms with Crippen LogP contribution in [-0.2, 0) is 4.79 Å². The lowest BCUT2D eigenvalue weighted by Crippen LogP contribution is -2.60. The Morgan fingerprint density at radius 3 is 2.75 bits per heavy atom. The summed E-state index contributed by atoms with van der Waals surface area (Å²) in [6.07, 6.45) is 3.15. The van der Waals surface area contributed by atoms with Crippen molar-refractivity contribution >= 4 is 5.97 Å². The van der Waals surface area contributed by atoms with E-state index in [0.29, 0.717) is 12.5 Å². The molecule has 0 atom stereocenters. The van der Waals surface area contributed by atoms with E-state index in [1.807, 2.05) is 0 Å². The second-order valence-electron chi connectivity index (χ2n) is 3.57. The van der Waals surface area contributed by atoms with Gasteiger partial charge in [-0.05, 0) is 18.8 Å². The van der Waals surface area contributed by atoms with Gasteiger partial charge in [0.25, 0.3) is 0 Å². The summed E-state index contributed by atoms with van der Waals surface area (Å²) in [6.45, 7) is 6.18. The van der Waals surface area contributed by atoms with Gasteiger partial charge in [-0.25, -0.2) is 0 Å². The molecule has 0 aliphatic heterocycles. The molecule has 1 fully saturated rings. The van der Waals surface area contributed by atoms with Crippen LogP contribution in [0.3, 0.4) is 0 Å². The first-order valence-corrected chi connectivity index (χ1v) is 4.20. The first kappa shape index (κ1) is 9.26. The summed E-state index contributed by atoms with van der Waals surface area (Å²) in [6, 6.07) is 0. The molecule has 0 amide bonds. The van der Waals surface area contributed by atoms with Crippen molar-refractivity contribution in [2.75, 3.05) is 6.54 Å². The third kappa shape index (κ3) is 1.50. The van der Waals surface area contributed by atoms with Crippen LogP contribution < -0.4 is 5.32 Å². The van der Waals surface area contributed by atoms with Gasteiger partial charge in [0.05, 0.1) is 0 Å². The fourth-order valence-corrected chi connectivity index (χ4v) is 1.79. The number of nitrogens with one attached hydrogen (secondary N) is 1. The molecule has 1 rings (SSSR count). The molecule has 0 aromatic heterocycles. The highest BCUT2D eigenvalue weighted by molar-refractivity contribution is 5.80. The summed E-state index contributed by atoms with van der Waals surface area (Å²) in [4.78, 5) is 10.9. The molecule has 0 bridgehead atoms. The maximum Gasteiger partial charge on any atom is 0.323 e. The molecule has 2 N–H and O–H groups in total. The molecule has 0 aromatic rings. The van der Waals surface area contributed by atoms with Crippen LogP contribution in [0.4, 0.5) is 0 Å². The maximum atomic E-state index is 10.9. The topological polar surface area (TPSA) is 49.3 Å². The Morgan fingerprint density at radius 2 is 2.42 bits per heavy atom. The highest BCUT2D eigenvalue weighted by atomic mass is 16.4. The number of hydrogen-bond donors (Lipinski definition) is 2. The van der Waals surface area contributed by atoms with Gasteiger partial charge in [-0.15, -0.1) is 6.58 Å². The first-order chi connectivity index (χ1) is 5.60. The van der Waals surface area contributed by atoms with Gasteiger partial charge in [0.15, 0.2) is 0 Å². The van der Waals surface area contributed by atoms with Crippen molar-refractivity contribution in [3.63, 3.8) is 0 Å². The number of carbonyl (C=O) groups is 1. The number of hydrogen-bond acceptors (Lipinski definition) is 2. The predicted octanol–water partition coefficient (Wildman–Crippen LogP) is 1.02. The van der Waals surface area contributed by atoms with Crippen LogP contribution in [0.15, 0.2) is 12.7 Å². The molecule has 1 aliphatic carbocycles. The van der Waals surface area contributed by atoms with Gasteiger partial charge in [0, 0.05) is 6.54 Å². The maximum absolute atomic E-state index is 10.9. The molecule has 1 aliphatic rings. The van der Waals surface area contributed by atoms with Crippen molar-refractivity contribution in [1.82, 2.24) is 5.32 Å². The lowest BCUT2D eigenvalue weighted by molar-refractivity contribution is -0.150. The van der Waals surface area contributed by atoms with Gasteiger partial charge in [-0.2, -0.15) is 0 Å². The number of carboxylic acids is 1. The minimum Gasteiger partial charge on any atom is -0.480 e. The van der Waals surface area contributed by atoms with Crippen molar-refractivity contribution in [3.8, 4) is 0 Å². The summed E-state index contributed by atoms with van der Waals surface area (Å²) in [7, 11) is 0. The Balaban J connectivity index is 2.51. The van der Waals surface area contributed by atoms with Crippen molar-refractivity contribution in [3.05, 3.63) is 12.7 Å². The minimum absolute atomic E-state index is 0.526. The smallest absolute Gasteiger partial charge is 0.323 e. The Hall–Kier alpha value is -0.830. The Morgan fingerprint density at radius 1 is 1.83 bits per heavy atom. The van der Waals surface area contributed by atoms with Gasteiger partial charge in [-0.3, -0.25) is 10.1 Å². The number of rotatable bonds is 4. The molecule has 0 spiro atoms. The van der Waals surface area contributed by atoms with Crippen LogP contribution in [0.1, 0.15) is 19.8 Å². The molecule has 12 heavy (non-hydrogen) atoms. The van der Waals surface area contributed by atoms with E-state index in [4.69, 9.17) is 5.11 Å². The molecule has 0 radical (unpaired) electrons. The zero-order valence-corrected chi connectivity index (χ0v) is 7.34. The van der Waals surface area contributed by atoms with Crippen LogP contribution in [0.5, 0.6) is 0 Å². The zero-order chi connectivity index (χ0) is 9.19. The van der Waals surface area contributed by atoms with Gasteiger partial charge in [0.2, 0.25) is 0 Å². The van der Waals surface area contributed by atoms with Gasteiger partial charge in [-0.1, -0.05) is 13.0 Å². The Kier molecular flexibility index (Phi) is 2.52. The number of carboxylic acid groups (broad SMARTS) is 1. The summed E-state index contributed by atoms with van der Waals surface area (Å²) >= 11 is 0. The van der Waals surface area contributed by atoms with Crippen LogP contribution in [0, 0.1) is 5.92 Å². The average molecular weight is 169 g/mol. The molecule has 68 valence electrons. The van der Waals surface area contributed by atoms with Crippen molar-refractivity contribution in [1.29, 1.82) is 0 Å². The second kappa shape index (κ2) is 3.27. The second-order valence-corrected chi connectivity index (χ2v) is 3.57. The average Bonchev–Trinajstić information content (AvgIpc) is 1.95. The fourth-order valence-electron chi connectivity index (χ4n) is 1.79. The van der Waals surface area contributed by atoms with E-state index in [1.165, 1.54) is 0 Å². The summed E-state index contributed by atoms with van der Waals surface area (Å²) in [5.74, 6) is -0.208. The molecule has 3 nitrogen and oxygen atoms in total. The molecular weight excluding hydrogens is 154 g/mol. The van der Waals surface area contributed by atoms with E-state index >= 15 is 0 Å². The summed E-state index contributed by atoms with van der Waals surface area (Å²) < 4.78 is 0. The normalized spacial score (nSPS) is 33.9. The lowest BCUT2D eigenvalue weighted by Gasteiger charge is -2.43. The van der Waals surface area contributed by atoms with Crippen LogP contribution in [0.25, 0.3) is 0 Å². The molecule has 0 saturated heterocycles. The monoisotopic (exact) mass is 169 g/mol. The van der Waals surface area contributed by atoms with Crippen molar-refractivity contribution < 1.29 is 9.90 Å². The Labute approximate surface area is 72.5 Å². The Bertz CT molecular complexity index is 195. The van der Waals surface area contributed by atoms with Crippen molar-refractivity contribution in [2.24, 2.45) is 5.92 Å². The van der Waals surface area contributed by atoms with Crippen LogP contribution >= 0.6 is 0 Å². The SMILES string of the molecule is C=CCNC1(C(=O)O)CC(C)C1. The summed E-state index contributed by atoms with van der Waals surface area (Å²) in [5, 5.41) is 11.9. The predicted molar refractivity (Wildman–Crippen MR) is 47.0 cm³/mol. The number of aliphatic carboxylic acids is 1. The molecule has 1 saturated carbocycles. The van der Waals surface area contributed by atoms with E-state index in [0.717, 1.165) is 12.8 Å². The van der Waals surface area contributed by atoms with Crippen molar-refractivity contribution in [2.45, 2.75) is 25.3 Å². The third-order valence-corrected chi connectivity index (χ3v) is 2.39. The third-order valence-electron chi connectivity index (χ3n) is 2.39. The van der Waals surface area contributed by atoms with E-state index in [9.17, 15) is 4.79 Å². The van der Waals surface area contributed by atoms with Crippen LogP contribution in [0.2, 0.25) is 0 Å². The largest absolute Gasteiger partial charge is 0.480 e. The molecular formula is C9H15NO2. The van der Waals surface area contributed by atoms with E-state index in [2.05, 4.69) is 18.8 Å². The van der Waals surface area contributed by atoms with Crippen LogP contribution in [-0.4, -0.2) is 23.2 Å². The van der Waals surface area contributed by atoms with E-state index in [-0.39, 0.29) is 0 Å². The standard InChI is InChI=1S/C9H15NO2/c1-3-4-10-9(8(11)12)5-7(2)6-9/h3,7,10H,1,4-6H2,2H3,(H,11,12). The van der Waals surface area contributed by atoms with Gasteiger partial charge < -0.3 is 5.11 Å².